The first-order chi connectivity index (χ1) is 10.1. The zero-order valence-electron chi connectivity index (χ0n) is 12.1. The van der Waals surface area contributed by atoms with Crippen molar-refractivity contribution in [1.29, 1.82) is 0 Å². The predicted molar refractivity (Wildman–Crippen MR) is 77.1 cm³/mol. The summed E-state index contributed by atoms with van der Waals surface area (Å²) in [7, 11) is 1.84. The van der Waals surface area contributed by atoms with Crippen LogP contribution in [0.25, 0.3) is 17.2 Å². The second-order valence-corrected chi connectivity index (χ2v) is 5.14. The smallest absolute Gasteiger partial charge is 0.238 e. The first-order valence-corrected chi connectivity index (χ1v) is 6.64. The number of aromatic hydroxyl groups is 1. The Balaban J connectivity index is 2.23. The maximum atomic E-state index is 10.3. The van der Waals surface area contributed by atoms with Crippen LogP contribution in [0.1, 0.15) is 25.3 Å². The van der Waals surface area contributed by atoms with Crippen molar-refractivity contribution in [2.45, 2.75) is 19.8 Å². The molecule has 0 bridgehead atoms. The van der Waals surface area contributed by atoms with Crippen molar-refractivity contribution in [3.8, 4) is 23.1 Å². The van der Waals surface area contributed by atoms with E-state index in [0.717, 1.165) is 5.56 Å². The number of hydrogen-bond donors (Lipinski definition) is 1. The van der Waals surface area contributed by atoms with E-state index in [2.05, 4.69) is 20.1 Å². The van der Waals surface area contributed by atoms with Crippen LogP contribution in [-0.2, 0) is 7.05 Å². The van der Waals surface area contributed by atoms with E-state index in [1.54, 1.807) is 34.2 Å². The van der Waals surface area contributed by atoms with Gasteiger partial charge in [-0.3, -0.25) is 9.25 Å². The van der Waals surface area contributed by atoms with Crippen LogP contribution >= 0.6 is 0 Å². The summed E-state index contributed by atoms with van der Waals surface area (Å²) in [6.45, 7) is 3.99. The second kappa shape index (κ2) is 5.01. The third-order valence-corrected chi connectivity index (χ3v) is 3.20. The van der Waals surface area contributed by atoms with Crippen LogP contribution in [0.4, 0.5) is 0 Å². The molecular formula is C14H16N6O. The van der Waals surface area contributed by atoms with Crippen LogP contribution in [-0.4, -0.2) is 34.4 Å². The van der Waals surface area contributed by atoms with Gasteiger partial charge in [0.15, 0.2) is 0 Å². The van der Waals surface area contributed by atoms with E-state index in [4.69, 9.17) is 0 Å². The maximum absolute atomic E-state index is 10.3. The average Bonchev–Trinajstić information content (AvgIpc) is 3.08. The van der Waals surface area contributed by atoms with E-state index in [1.165, 1.54) is 0 Å². The van der Waals surface area contributed by atoms with E-state index >= 15 is 0 Å². The van der Waals surface area contributed by atoms with Gasteiger partial charge in [-0.15, -0.1) is 0 Å². The monoisotopic (exact) mass is 284 g/mol. The summed E-state index contributed by atoms with van der Waals surface area (Å²) in [6, 6.07) is 0. The standard InChI is InChI=1S/C14H16N6O/c1-9(2)11-12(10-6-16-19(3)7-10)17-14(18-13(11)21)20-5-4-15-8-20/h4-9H,1-3H3,(H,17,18,21). The molecule has 108 valence electrons. The quantitative estimate of drug-likeness (QED) is 0.794. The molecule has 3 aromatic rings. The molecule has 7 heteroatoms. The molecule has 0 spiro atoms. The molecule has 3 aromatic heterocycles. The van der Waals surface area contributed by atoms with Crippen LogP contribution in [0, 0.1) is 0 Å². The molecule has 0 aromatic carbocycles. The van der Waals surface area contributed by atoms with Gasteiger partial charge in [0.05, 0.1) is 11.9 Å². The highest BCUT2D eigenvalue weighted by Gasteiger charge is 2.19. The van der Waals surface area contributed by atoms with Gasteiger partial charge in [-0.25, -0.2) is 9.97 Å². The van der Waals surface area contributed by atoms with Gasteiger partial charge in [-0.2, -0.15) is 10.1 Å². The summed E-state index contributed by atoms with van der Waals surface area (Å²) in [4.78, 5) is 12.7. The summed E-state index contributed by atoms with van der Waals surface area (Å²) in [5.41, 5.74) is 2.25. The Bertz CT molecular complexity index is 760. The minimum Gasteiger partial charge on any atom is -0.493 e. The molecule has 3 heterocycles. The molecule has 3 rings (SSSR count). The van der Waals surface area contributed by atoms with Crippen LogP contribution in [0.3, 0.4) is 0 Å². The first-order valence-electron chi connectivity index (χ1n) is 6.64. The lowest BCUT2D eigenvalue weighted by Gasteiger charge is -2.13. The lowest BCUT2D eigenvalue weighted by molar-refractivity contribution is 0.440. The van der Waals surface area contributed by atoms with Gasteiger partial charge >= 0.3 is 0 Å². The van der Waals surface area contributed by atoms with Crippen molar-refractivity contribution in [3.05, 3.63) is 36.7 Å². The van der Waals surface area contributed by atoms with Crippen LogP contribution < -0.4 is 0 Å². The Hall–Kier alpha value is -2.70. The number of nitrogens with zero attached hydrogens (tertiary/aromatic N) is 6. The Labute approximate surface area is 121 Å². The summed E-state index contributed by atoms with van der Waals surface area (Å²) in [6.07, 6.45) is 8.56. The Kier molecular flexibility index (Phi) is 3.17. The number of rotatable bonds is 3. The fourth-order valence-electron chi connectivity index (χ4n) is 2.23. The Morgan fingerprint density at radius 1 is 1.24 bits per heavy atom. The molecule has 0 saturated carbocycles. The van der Waals surface area contributed by atoms with Crippen molar-refractivity contribution < 1.29 is 5.11 Å². The summed E-state index contributed by atoms with van der Waals surface area (Å²) < 4.78 is 3.36. The van der Waals surface area contributed by atoms with E-state index in [9.17, 15) is 5.11 Å². The molecule has 21 heavy (non-hydrogen) atoms. The minimum atomic E-state index is -0.0115. The third-order valence-electron chi connectivity index (χ3n) is 3.20. The molecule has 0 unspecified atom stereocenters. The lowest BCUT2D eigenvalue weighted by atomic mass is 10.00. The molecule has 1 N–H and O–H groups in total. The van der Waals surface area contributed by atoms with Crippen LogP contribution in [0.15, 0.2) is 31.1 Å². The summed E-state index contributed by atoms with van der Waals surface area (Å²) in [5, 5.41) is 14.5. The van der Waals surface area contributed by atoms with Gasteiger partial charge in [0, 0.05) is 36.8 Å². The molecule has 0 aliphatic carbocycles. The van der Waals surface area contributed by atoms with Gasteiger partial charge in [0.1, 0.15) is 6.33 Å². The van der Waals surface area contributed by atoms with Crippen LogP contribution in [0.5, 0.6) is 5.88 Å². The molecule has 0 saturated heterocycles. The van der Waals surface area contributed by atoms with Gasteiger partial charge in [-0.05, 0) is 5.92 Å². The van der Waals surface area contributed by atoms with Crippen LogP contribution in [0.2, 0.25) is 0 Å². The largest absolute Gasteiger partial charge is 0.493 e. The zero-order chi connectivity index (χ0) is 15.0. The molecule has 0 radical (unpaired) electrons. The molecule has 7 nitrogen and oxygen atoms in total. The molecule has 0 aliphatic rings. The van der Waals surface area contributed by atoms with Crippen molar-refractivity contribution in [1.82, 2.24) is 29.3 Å². The number of aromatic nitrogens is 6. The van der Waals surface area contributed by atoms with E-state index in [-0.39, 0.29) is 11.8 Å². The first kappa shape index (κ1) is 13.3. The van der Waals surface area contributed by atoms with Gasteiger partial charge in [0.2, 0.25) is 11.8 Å². The predicted octanol–water partition coefficient (Wildman–Crippen LogP) is 1.89. The minimum absolute atomic E-state index is 0.0115. The second-order valence-electron chi connectivity index (χ2n) is 5.14. The number of hydrogen-bond acceptors (Lipinski definition) is 5. The summed E-state index contributed by atoms with van der Waals surface area (Å²) >= 11 is 0. The Morgan fingerprint density at radius 3 is 2.62 bits per heavy atom. The molecule has 0 atom stereocenters. The number of imidazole rings is 1. The molecule has 0 aliphatic heterocycles. The average molecular weight is 284 g/mol. The highest BCUT2D eigenvalue weighted by atomic mass is 16.3. The number of aryl methyl sites for hydroxylation is 1. The van der Waals surface area contributed by atoms with Gasteiger partial charge < -0.3 is 5.11 Å². The van der Waals surface area contributed by atoms with Crippen molar-refractivity contribution in [2.75, 3.05) is 0 Å². The van der Waals surface area contributed by atoms with Crippen molar-refractivity contribution in [2.24, 2.45) is 7.05 Å². The zero-order valence-corrected chi connectivity index (χ0v) is 12.1. The fourth-order valence-corrected chi connectivity index (χ4v) is 2.23. The van der Waals surface area contributed by atoms with Crippen molar-refractivity contribution in [3.63, 3.8) is 0 Å². The third kappa shape index (κ3) is 2.37. The van der Waals surface area contributed by atoms with E-state index in [1.807, 2.05) is 27.1 Å². The van der Waals surface area contributed by atoms with E-state index in [0.29, 0.717) is 17.2 Å². The molecule has 0 fully saturated rings. The Morgan fingerprint density at radius 2 is 2.05 bits per heavy atom. The summed E-state index contributed by atoms with van der Waals surface area (Å²) in [5.74, 6) is 0.466. The SMILES string of the molecule is CC(C)c1c(O)nc(-n2ccnc2)nc1-c1cnn(C)c1. The van der Waals surface area contributed by atoms with Crippen molar-refractivity contribution >= 4 is 0 Å². The molecular weight excluding hydrogens is 268 g/mol. The maximum Gasteiger partial charge on any atom is 0.238 e. The van der Waals surface area contributed by atoms with Gasteiger partial charge in [-0.1, -0.05) is 13.8 Å². The lowest BCUT2D eigenvalue weighted by Crippen LogP contribution is -2.05. The van der Waals surface area contributed by atoms with E-state index < -0.39 is 0 Å². The topological polar surface area (TPSA) is 81.7 Å². The highest BCUT2D eigenvalue weighted by molar-refractivity contribution is 5.65. The normalized spacial score (nSPS) is 11.2. The fraction of sp³-hybridized carbons (Fsp3) is 0.286. The molecule has 0 amide bonds. The van der Waals surface area contributed by atoms with Gasteiger partial charge in [0.25, 0.3) is 0 Å². The highest BCUT2D eigenvalue weighted by Crippen LogP contribution is 2.33.